The van der Waals surface area contributed by atoms with E-state index in [0.717, 1.165) is 24.0 Å². The number of hydrogen-bond donors (Lipinski definition) is 1. The molecule has 1 heterocycles. The molecular formula is C16H18N2O. The third kappa shape index (κ3) is 3.32. The predicted molar refractivity (Wildman–Crippen MR) is 75.4 cm³/mol. The Kier molecular flexibility index (Phi) is 3.47. The van der Waals surface area contributed by atoms with E-state index < -0.39 is 0 Å². The molecule has 1 aromatic carbocycles. The fraction of sp³-hybridized carbons (Fsp3) is 0.312. The summed E-state index contributed by atoms with van der Waals surface area (Å²) >= 11 is 0. The summed E-state index contributed by atoms with van der Waals surface area (Å²) in [6.07, 6.45) is 2.61. The quantitative estimate of drug-likeness (QED) is 0.887. The Morgan fingerprint density at radius 2 is 1.95 bits per heavy atom. The predicted octanol–water partition coefficient (Wildman–Crippen LogP) is 3.43. The minimum absolute atomic E-state index is 0.652. The molecule has 0 bridgehead atoms. The average molecular weight is 254 g/mol. The molecule has 0 spiro atoms. The van der Waals surface area contributed by atoms with Crippen LogP contribution < -0.4 is 10.1 Å². The van der Waals surface area contributed by atoms with Crippen LogP contribution in [0.15, 0.2) is 42.5 Å². The highest BCUT2D eigenvalue weighted by atomic mass is 16.5. The molecule has 3 nitrogen and oxygen atoms in total. The summed E-state index contributed by atoms with van der Waals surface area (Å²) in [5.74, 6) is 1.47. The summed E-state index contributed by atoms with van der Waals surface area (Å²) < 4.78 is 5.72. The molecule has 98 valence electrons. The third-order valence-corrected chi connectivity index (χ3v) is 3.29. The fourth-order valence-electron chi connectivity index (χ4n) is 1.96. The molecule has 2 aromatic rings. The Hall–Kier alpha value is -1.87. The van der Waals surface area contributed by atoms with Gasteiger partial charge in [-0.15, -0.1) is 0 Å². The zero-order chi connectivity index (χ0) is 13.1. The lowest BCUT2D eigenvalue weighted by Gasteiger charge is -2.09. The minimum Gasteiger partial charge on any atom is -0.439 e. The number of benzene rings is 1. The van der Waals surface area contributed by atoms with Gasteiger partial charge in [-0.1, -0.05) is 24.3 Å². The molecule has 1 aliphatic carbocycles. The van der Waals surface area contributed by atoms with Crippen LogP contribution in [0.2, 0.25) is 0 Å². The van der Waals surface area contributed by atoms with Gasteiger partial charge in [0.15, 0.2) is 0 Å². The first-order valence-electron chi connectivity index (χ1n) is 6.74. The molecule has 1 saturated carbocycles. The van der Waals surface area contributed by atoms with Gasteiger partial charge in [-0.25, -0.2) is 4.98 Å². The van der Waals surface area contributed by atoms with Crippen molar-refractivity contribution in [3.8, 4) is 11.6 Å². The third-order valence-electron chi connectivity index (χ3n) is 3.29. The van der Waals surface area contributed by atoms with E-state index in [9.17, 15) is 0 Å². The van der Waals surface area contributed by atoms with Gasteiger partial charge in [0.25, 0.3) is 0 Å². The number of aryl methyl sites for hydroxylation is 1. The monoisotopic (exact) mass is 254 g/mol. The van der Waals surface area contributed by atoms with Gasteiger partial charge in [-0.05, 0) is 37.5 Å². The molecule has 1 N–H and O–H groups in total. The smallest absolute Gasteiger partial charge is 0.219 e. The highest BCUT2D eigenvalue weighted by molar-refractivity contribution is 5.30. The van der Waals surface area contributed by atoms with Crippen LogP contribution in [0.1, 0.15) is 24.1 Å². The SMILES string of the molecule is Cc1nc(Oc2ccccc2)ccc1CNC1CC1. The molecule has 0 aliphatic heterocycles. The Morgan fingerprint density at radius 3 is 2.63 bits per heavy atom. The first-order valence-corrected chi connectivity index (χ1v) is 6.74. The van der Waals surface area contributed by atoms with Crippen molar-refractivity contribution in [3.63, 3.8) is 0 Å². The van der Waals surface area contributed by atoms with Gasteiger partial charge < -0.3 is 10.1 Å². The molecule has 1 fully saturated rings. The first kappa shape index (κ1) is 12.2. The Morgan fingerprint density at radius 1 is 1.16 bits per heavy atom. The van der Waals surface area contributed by atoms with Gasteiger partial charge in [-0.2, -0.15) is 0 Å². The van der Waals surface area contributed by atoms with Gasteiger partial charge in [0.05, 0.1) is 0 Å². The Labute approximate surface area is 113 Å². The fourth-order valence-corrected chi connectivity index (χ4v) is 1.96. The second-order valence-electron chi connectivity index (χ2n) is 4.96. The van der Waals surface area contributed by atoms with Crippen molar-refractivity contribution >= 4 is 0 Å². The second kappa shape index (κ2) is 5.41. The zero-order valence-electron chi connectivity index (χ0n) is 11.1. The second-order valence-corrected chi connectivity index (χ2v) is 4.96. The topological polar surface area (TPSA) is 34.1 Å². The molecule has 19 heavy (non-hydrogen) atoms. The molecule has 0 unspecified atom stereocenters. The van der Waals surface area contributed by atoms with Gasteiger partial charge in [-0.3, -0.25) is 0 Å². The number of para-hydroxylation sites is 1. The lowest BCUT2D eigenvalue weighted by molar-refractivity contribution is 0.461. The van der Waals surface area contributed by atoms with Crippen molar-refractivity contribution in [1.29, 1.82) is 0 Å². The molecule has 3 heteroatoms. The van der Waals surface area contributed by atoms with Crippen LogP contribution in [-0.4, -0.2) is 11.0 Å². The molecule has 1 aromatic heterocycles. The normalized spacial score (nSPS) is 14.4. The maximum absolute atomic E-state index is 5.72. The highest BCUT2D eigenvalue weighted by Crippen LogP contribution is 2.22. The molecule has 0 radical (unpaired) electrons. The van der Waals surface area contributed by atoms with Crippen LogP contribution in [0.4, 0.5) is 0 Å². The molecule has 1 aliphatic rings. The van der Waals surface area contributed by atoms with Crippen molar-refractivity contribution in [3.05, 3.63) is 53.7 Å². The van der Waals surface area contributed by atoms with E-state index in [4.69, 9.17) is 4.74 Å². The summed E-state index contributed by atoms with van der Waals surface area (Å²) in [6, 6.07) is 14.5. The van der Waals surface area contributed by atoms with Crippen molar-refractivity contribution in [1.82, 2.24) is 10.3 Å². The molecule has 0 saturated heterocycles. The van der Waals surface area contributed by atoms with E-state index >= 15 is 0 Å². The number of nitrogens with one attached hydrogen (secondary N) is 1. The molecule has 0 amide bonds. The maximum Gasteiger partial charge on any atom is 0.219 e. The number of nitrogens with zero attached hydrogens (tertiary/aromatic N) is 1. The van der Waals surface area contributed by atoms with E-state index in [1.165, 1.54) is 18.4 Å². The zero-order valence-corrected chi connectivity index (χ0v) is 11.1. The van der Waals surface area contributed by atoms with E-state index in [-0.39, 0.29) is 0 Å². The van der Waals surface area contributed by atoms with Crippen LogP contribution in [0, 0.1) is 6.92 Å². The number of hydrogen-bond acceptors (Lipinski definition) is 3. The van der Waals surface area contributed by atoms with Gasteiger partial charge >= 0.3 is 0 Å². The minimum atomic E-state index is 0.652. The standard InChI is InChI=1S/C16H18N2O/c1-12-13(11-17-14-8-9-14)7-10-16(18-12)19-15-5-3-2-4-6-15/h2-7,10,14,17H,8-9,11H2,1H3. The van der Waals surface area contributed by atoms with E-state index in [0.29, 0.717) is 5.88 Å². The summed E-state index contributed by atoms with van der Waals surface area (Å²) in [5, 5.41) is 3.50. The van der Waals surface area contributed by atoms with Gasteiger partial charge in [0, 0.05) is 24.3 Å². The molecule has 0 atom stereocenters. The lowest BCUT2D eigenvalue weighted by atomic mass is 10.2. The van der Waals surface area contributed by atoms with Crippen LogP contribution >= 0.6 is 0 Å². The van der Waals surface area contributed by atoms with E-state index in [1.807, 2.05) is 43.3 Å². The molecule has 3 rings (SSSR count). The summed E-state index contributed by atoms with van der Waals surface area (Å²) in [5.41, 5.74) is 2.27. The maximum atomic E-state index is 5.72. The van der Waals surface area contributed by atoms with Crippen molar-refractivity contribution in [2.45, 2.75) is 32.4 Å². The summed E-state index contributed by atoms with van der Waals surface area (Å²) in [6.45, 7) is 2.93. The van der Waals surface area contributed by atoms with Crippen LogP contribution in [-0.2, 0) is 6.54 Å². The Balaban J connectivity index is 1.67. The summed E-state index contributed by atoms with van der Waals surface area (Å²) in [7, 11) is 0. The van der Waals surface area contributed by atoms with Crippen molar-refractivity contribution in [2.75, 3.05) is 0 Å². The molecular weight excluding hydrogens is 236 g/mol. The number of rotatable bonds is 5. The van der Waals surface area contributed by atoms with Crippen LogP contribution in [0.25, 0.3) is 0 Å². The van der Waals surface area contributed by atoms with Crippen molar-refractivity contribution in [2.24, 2.45) is 0 Å². The van der Waals surface area contributed by atoms with Crippen molar-refractivity contribution < 1.29 is 4.74 Å². The first-order chi connectivity index (χ1) is 9.31. The van der Waals surface area contributed by atoms with Crippen LogP contribution in [0.3, 0.4) is 0 Å². The largest absolute Gasteiger partial charge is 0.439 e. The number of pyridine rings is 1. The average Bonchev–Trinajstić information content (AvgIpc) is 3.23. The Bertz CT molecular complexity index is 550. The summed E-state index contributed by atoms with van der Waals surface area (Å²) in [4.78, 5) is 4.50. The van der Waals surface area contributed by atoms with Crippen LogP contribution in [0.5, 0.6) is 11.6 Å². The number of aromatic nitrogens is 1. The van der Waals surface area contributed by atoms with E-state index in [1.54, 1.807) is 0 Å². The van der Waals surface area contributed by atoms with E-state index in [2.05, 4.69) is 16.4 Å². The van der Waals surface area contributed by atoms with Gasteiger partial charge in [0.1, 0.15) is 5.75 Å². The highest BCUT2D eigenvalue weighted by Gasteiger charge is 2.20. The number of ether oxygens (including phenoxy) is 1. The van der Waals surface area contributed by atoms with Gasteiger partial charge in [0.2, 0.25) is 5.88 Å². The lowest BCUT2D eigenvalue weighted by Crippen LogP contribution is -2.16.